The number of carbonyl (C=O) groups is 3. The van der Waals surface area contributed by atoms with Gasteiger partial charge in [0.2, 0.25) is 0 Å². The minimum absolute atomic E-state index is 0.0878. The molecule has 2 aromatic carbocycles. The van der Waals surface area contributed by atoms with Gasteiger partial charge in [-0.15, -0.1) is 0 Å². The second-order valence-electron chi connectivity index (χ2n) is 15.8. The number of ether oxygens (including phenoxy) is 6. The Morgan fingerprint density at radius 1 is 0.646 bits per heavy atom. The molecule has 0 aliphatic carbocycles. The molecule has 2 aromatic rings. The Balaban J connectivity index is 2.34. The summed E-state index contributed by atoms with van der Waals surface area (Å²) in [6.45, 7) is 22.7. The third-order valence-corrected chi connectivity index (χ3v) is 6.15. The third-order valence-electron chi connectivity index (χ3n) is 6.15. The zero-order valence-electron chi connectivity index (χ0n) is 31.0. The molecule has 1 N–H and O–H groups in total. The second-order valence-corrected chi connectivity index (χ2v) is 15.8. The summed E-state index contributed by atoms with van der Waals surface area (Å²) in [5.74, 6) is -1.00. The van der Waals surface area contributed by atoms with Gasteiger partial charge >= 0.3 is 18.0 Å². The lowest BCUT2D eigenvalue weighted by atomic mass is 9.92. The van der Waals surface area contributed by atoms with Gasteiger partial charge in [-0.2, -0.15) is 0 Å². The lowest BCUT2D eigenvalue weighted by molar-refractivity contribution is -0.162. The summed E-state index contributed by atoms with van der Waals surface area (Å²) in [6, 6.07) is 14.2. The van der Waals surface area contributed by atoms with Crippen LogP contribution in [0.2, 0.25) is 0 Å². The van der Waals surface area contributed by atoms with Crippen LogP contribution in [0.4, 0.5) is 4.79 Å². The Bertz CT molecular complexity index is 1330. The Morgan fingerprint density at radius 3 is 1.79 bits per heavy atom. The molecule has 0 fully saturated rings. The van der Waals surface area contributed by atoms with Crippen molar-refractivity contribution in [3.05, 3.63) is 59.7 Å². The maximum absolute atomic E-state index is 13.6. The number of amides is 1. The van der Waals surface area contributed by atoms with Crippen molar-refractivity contribution in [2.75, 3.05) is 13.2 Å². The number of hydrogen-bond donors (Lipinski definition) is 1. The molecular formula is C38H57NO9. The standard InChI is InChI=1S/C38H57NO9/c1-35(2,3)45-31-23-27(18-19-30(31)44-21-20-43-25-26-16-14-13-15-17-26)22-28(32(40)46-36(4,5)6)24-29(33(41)47-37(7,8)9)39-34(42)48-38(10,11)12/h13-19,23,28-29H,20-22,24-25H2,1-12H3,(H,39,42)/t28-,29?/m0/s1. The largest absolute Gasteiger partial charge is 0.487 e. The summed E-state index contributed by atoms with van der Waals surface area (Å²) in [5, 5.41) is 2.63. The van der Waals surface area contributed by atoms with Crippen LogP contribution < -0.4 is 14.8 Å². The molecule has 0 saturated heterocycles. The van der Waals surface area contributed by atoms with Crippen LogP contribution in [0.25, 0.3) is 0 Å². The fraction of sp³-hybridized carbons (Fsp3) is 0.605. The fourth-order valence-corrected chi connectivity index (χ4v) is 4.44. The van der Waals surface area contributed by atoms with Crippen LogP contribution in [-0.4, -0.2) is 59.7 Å². The normalized spacial score (nSPS) is 13.6. The molecule has 0 radical (unpaired) electrons. The minimum atomic E-state index is -1.18. The first kappa shape index (κ1) is 40.4. The number of alkyl carbamates (subject to hydrolysis) is 1. The highest BCUT2D eigenvalue weighted by atomic mass is 16.6. The maximum Gasteiger partial charge on any atom is 0.408 e. The van der Waals surface area contributed by atoms with Crippen molar-refractivity contribution in [2.24, 2.45) is 5.92 Å². The van der Waals surface area contributed by atoms with E-state index < -0.39 is 52.4 Å². The zero-order chi connectivity index (χ0) is 36.3. The molecule has 2 rings (SSSR count). The molecule has 0 aliphatic heterocycles. The maximum atomic E-state index is 13.6. The molecule has 0 saturated carbocycles. The fourth-order valence-electron chi connectivity index (χ4n) is 4.44. The van der Waals surface area contributed by atoms with E-state index in [-0.39, 0.29) is 12.8 Å². The lowest BCUT2D eigenvalue weighted by Crippen LogP contribution is -2.48. The number of hydrogen-bond acceptors (Lipinski definition) is 9. The smallest absolute Gasteiger partial charge is 0.408 e. The van der Waals surface area contributed by atoms with Gasteiger partial charge in [0.15, 0.2) is 11.5 Å². The first-order valence-electron chi connectivity index (χ1n) is 16.5. The van der Waals surface area contributed by atoms with E-state index >= 15 is 0 Å². The number of nitrogens with one attached hydrogen (secondary N) is 1. The van der Waals surface area contributed by atoms with Crippen molar-refractivity contribution < 1.29 is 42.8 Å². The second kappa shape index (κ2) is 17.0. The van der Waals surface area contributed by atoms with E-state index in [2.05, 4.69) is 5.32 Å². The van der Waals surface area contributed by atoms with Crippen molar-refractivity contribution in [3.63, 3.8) is 0 Å². The quantitative estimate of drug-likeness (QED) is 0.123. The van der Waals surface area contributed by atoms with Crippen LogP contribution in [0.1, 0.15) is 101 Å². The van der Waals surface area contributed by atoms with Crippen LogP contribution in [0.5, 0.6) is 11.5 Å². The SMILES string of the molecule is CC(C)(C)OC(=O)NC(C[C@H](Cc1ccc(OCCOCc2ccccc2)c(OC(C)(C)C)c1)C(=O)OC(C)(C)C)C(=O)OC(C)(C)C. The van der Waals surface area contributed by atoms with Crippen LogP contribution in [0.3, 0.4) is 0 Å². The van der Waals surface area contributed by atoms with Gasteiger partial charge in [-0.25, -0.2) is 9.59 Å². The molecule has 0 heterocycles. The molecule has 1 unspecified atom stereocenters. The van der Waals surface area contributed by atoms with Gasteiger partial charge in [0, 0.05) is 0 Å². The van der Waals surface area contributed by atoms with E-state index in [0.717, 1.165) is 11.1 Å². The predicted octanol–water partition coefficient (Wildman–Crippen LogP) is 7.59. The monoisotopic (exact) mass is 671 g/mol. The van der Waals surface area contributed by atoms with Crippen LogP contribution in [0, 0.1) is 5.92 Å². The molecule has 48 heavy (non-hydrogen) atoms. The van der Waals surface area contributed by atoms with Gasteiger partial charge < -0.3 is 33.7 Å². The van der Waals surface area contributed by atoms with E-state index in [0.29, 0.717) is 31.3 Å². The third kappa shape index (κ3) is 16.9. The van der Waals surface area contributed by atoms with Gasteiger partial charge in [-0.05, 0) is 119 Å². The first-order chi connectivity index (χ1) is 22.0. The van der Waals surface area contributed by atoms with E-state index in [1.165, 1.54) is 0 Å². The molecule has 268 valence electrons. The molecule has 0 spiro atoms. The summed E-state index contributed by atoms with van der Waals surface area (Å²) in [4.78, 5) is 39.8. The van der Waals surface area contributed by atoms with Gasteiger partial charge in [0.05, 0.1) is 19.1 Å². The summed E-state index contributed by atoms with van der Waals surface area (Å²) in [5.41, 5.74) is -1.12. The molecule has 1 amide bonds. The first-order valence-corrected chi connectivity index (χ1v) is 16.5. The zero-order valence-corrected chi connectivity index (χ0v) is 31.0. The van der Waals surface area contributed by atoms with Gasteiger partial charge in [0.25, 0.3) is 0 Å². The lowest BCUT2D eigenvalue weighted by Gasteiger charge is -2.29. The summed E-state index contributed by atoms with van der Waals surface area (Å²) < 4.78 is 34.9. The number of benzene rings is 2. The number of esters is 2. The van der Waals surface area contributed by atoms with E-state index in [9.17, 15) is 14.4 Å². The Hall–Kier alpha value is -3.79. The minimum Gasteiger partial charge on any atom is -0.487 e. The average Bonchev–Trinajstić information content (AvgIpc) is 2.89. The summed E-state index contributed by atoms with van der Waals surface area (Å²) >= 11 is 0. The number of rotatable bonds is 14. The Kier molecular flexibility index (Phi) is 14.3. The molecule has 10 heteroatoms. The number of carbonyl (C=O) groups excluding carboxylic acids is 3. The van der Waals surface area contributed by atoms with Crippen molar-refractivity contribution in [3.8, 4) is 11.5 Å². The van der Waals surface area contributed by atoms with E-state index in [1.54, 1.807) is 68.4 Å². The Labute approximate surface area is 287 Å². The average molecular weight is 672 g/mol. The van der Waals surface area contributed by atoms with E-state index in [1.807, 2.05) is 63.2 Å². The van der Waals surface area contributed by atoms with Crippen molar-refractivity contribution >= 4 is 18.0 Å². The van der Waals surface area contributed by atoms with Gasteiger partial charge in [0.1, 0.15) is 35.1 Å². The van der Waals surface area contributed by atoms with Crippen molar-refractivity contribution in [1.82, 2.24) is 5.32 Å². The molecule has 0 aromatic heterocycles. The molecule has 2 atom stereocenters. The molecule has 0 bridgehead atoms. The van der Waals surface area contributed by atoms with E-state index in [4.69, 9.17) is 28.4 Å². The van der Waals surface area contributed by atoms with Crippen molar-refractivity contribution in [1.29, 1.82) is 0 Å². The highest BCUT2D eigenvalue weighted by Crippen LogP contribution is 2.33. The van der Waals surface area contributed by atoms with Crippen LogP contribution in [-0.2, 0) is 41.6 Å². The molecule has 10 nitrogen and oxygen atoms in total. The van der Waals surface area contributed by atoms with Crippen LogP contribution >= 0.6 is 0 Å². The topological polar surface area (TPSA) is 119 Å². The van der Waals surface area contributed by atoms with Gasteiger partial charge in [-0.3, -0.25) is 4.79 Å². The highest BCUT2D eigenvalue weighted by Gasteiger charge is 2.35. The van der Waals surface area contributed by atoms with Gasteiger partial charge in [-0.1, -0.05) is 36.4 Å². The summed E-state index contributed by atoms with van der Waals surface area (Å²) in [7, 11) is 0. The van der Waals surface area contributed by atoms with Crippen LogP contribution in [0.15, 0.2) is 48.5 Å². The molecule has 0 aliphatic rings. The van der Waals surface area contributed by atoms with Crippen molar-refractivity contribution in [2.45, 2.75) is 131 Å². The Morgan fingerprint density at radius 2 is 1.23 bits per heavy atom. The predicted molar refractivity (Wildman–Crippen MR) is 185 cm³/mol. The molecular weight excluding hydrogens is 614 g/mol. The highest BCUT2D eigenvalue weighted by molar-refractivity contribution is 5.83. The summed E-state index contributed by atoms with van der Waals surface area (Å²) in [6.07, 6.45) is -0.697.